The maximum atomic E-state index is 9.33. The Labute approximate surface area is 74.6 Å². The molecule has 2 rings (SSSR count). The van der Waals surface area contributed by atoms with Crippen LogP contribution in [0.5, 0.6) is 0 Å². The molecule has 2 heteroatoms. The molecule has 0 amide bonds. The Morgan fingerprint density at radius 1 is 1.08 bits per heavy atom. The van der Waals surface area contributed by atoms with Crippen molar-refractivity contribution in [2.24, 2.45) is 5.92 Å². The molecule has 2 nitrogen and oxygen atoms in total. The van der Waals surface area contributed by atoms with Crippen LogP contribution in [0.25, 0.3) is 0 Å². The van der Waals surface area contributed by atoms with Crippen molar-refractivity contribution >= 4 is 0 Å². The van der Waals surface area contributed by atoms with Gasteiger partial charge in [-0.2, -0.15) is 0 Å². The number of aliphatic hydroxyl groups is 1. The van der Waals surface area contributed by atoms with Gasteiger partial charge in [-0.3, -0.25) is 4.90 Å². The van der Waals surface area contributed by atoms with Crippen LogP contribution in [-0.2, 0) is 0 Å². The average molecular weight is 169 g/mol. The standard InChI is InChI=1S/C10H19NO/c1-8-6-11(7-8)9-2-4-10(12)5-3-9/h8-10,12H,2-7H2,1H3. The van der Waals surface area contributed by atoms with Crippen molar-refractivity contribution in [1.29, 1.82) is 0 Å². The second kappa shape index (κ2) is 3.35. The molecule has 0 aromatic carbocycles. The molecule has 0 atom stereocenters. The molecule has 0 spiro atoms. The van der Waals surface area contributed by atoms with Crippen LogP contribution >= 0.6 is 0 Å². The second-order valence-corrected chi connectivity index (χ2v) is 4.52. The topological polar surface area (TPSA) is 23.5 Å². The molecule has 1 aliphatic heterocycles. The number of nitrogens with zero attached hydrogens (tertiary/aromatic N) is 1. The monoisotopic (exact) mass is 169 g/mol. The van der Waals surface area contributed by atoms with Crippen molar-refractivity contribution in [3.05, 3.63) is 0 Å². The summed E-state index contributed by atoms with van der Waals surface area (Å²) in [6.45, 7) is 4.90. The number of likely N-dealkylation sites (tertiary alicyclic amines) is 1. The zero-order valence-corrected chi connectivity index (χ0v) is 7.87. The van der Waals surface area contributed by atoms with Crippen molar-refractivity contribution in [2.75, 3.05) is 13.1 Å². The predicted molar refractivity (Wildman–Crippen MR) is 49.0 cm³/mol. The van der Waals surface area contributed by atoms with Gasteiger partial charge in [-0.15, -0.1) is 0 Å². The van der Waals surface area contributed by atoms with E-state index in [1.807, 2.05) is 0 Å². The van der Waals surface area contributed by atoms with E-state index in [1.54, 1.807) is 0 Å². The van der Waals surface area contributed by atoms with Gasteiger partial charge >= 0.3 is 0 Å². The molecule has 0 aromatic rings. The Morgan fingerprint density at radius 2 is 1.67 bits per heavy atom. The van der Waals surface area contributed by atoms with E-state index >= 15 is 0 Å². The summed E-state index contributed by atoms with van der Waals surface area (Å²) in [6, 6.07) is 0.796. The van der Waals surface area contributed by atoms with Gasteiger partial charge in [0.25, 0.3) is 0 Å². The van der Waals surface area contributed by atoms with Gasteiger partial charge in [-0.05, 0) is 31.6 Å². The Kier molecular flexibility index (Phi) is 2.37. The van der Waals surface area contributed by atoms with Crippen LogP contribution in [-0.4, -0.2) is 35.2 Å². The molecule has 12 heavy (non-hydrogen) atoms. The van der Waals surface area contributed by atoms with Gasteiger partial charge < -0.3 is 5.11 Å². The smallest absolute Gasteiger partial charge is 0.0541 e. The third-order valence-electron chi connectivity index (χ3n) is 3.27. The van der Waals surface area contributed by atoms with E-state index in [0.717, 1.165) is 24.8 Å². The first kappa shape index (κ1) is 8.52. The highest BCUT2D eigenvalue weighted by atomic mass is 16.3. The lowest BCUT2D eigenvalue weighted by molar-refractivity contribution is 0.0161. The molecule has 1 saturated heterocycles. The maximum Gasteiger partial charge on any atom is 0.0541 e. The summed E-state index contributed by atoms with van der Waals surface area (Å²) in [5.41, 5.74) is 0. The lowest BCUT2D eigenvalue weighted by Gasteiger charge is -2.45. The molecular formula is C10H19NO. The summed E-state index contributed by atoms with van der Waals surface area (Å²) in [5, 5.41) is 9.33. The Balaban J connectivity index is 1.75. The Morgan fingerprint density at radius 3 is 2.17 bits per heavy atom. The van der Waals surface area contributed by atoms with Crippen LogP contribution in [0.1, 0.15) is 32.6 Å². The van der Waals surface area contributed by atoms with E-state index in [4.69, 9.17) is 0 Å². The molecule has 0 radical (unpaired) electrons. The van der Waals surface area contributed by atoms with Crippen LogP contribution in [0.15, 0.2) is 0 Å². The molecule has 1 heterocycles. The molecule has 0 bridgehead atoms. The van der Waals surface area contributed by atoms with Crippen molar-refractivity contribution < 1.29 is 5.11 Å². The van der Waals surface area contributed by atoms with Crippen molar-refractivity contribution in [2.45, 2.75) is 44.8 Å². The Bertz CT molecular complexity index is 146. The number of rotatable bonds is 1. The van der Waals surface area contributed by atoms with Crippen molar-refractivity contribution in [3.63, 3.8) is 0 Å². The van der Waals surface area contributed by atoms with E-state index in [9.17, 15) is 5.11 Å². The zero-order valence-electron chi connectivity index (χ0n) is 7.87. The third kappa shape index (κ3) is 1.64. The molecule has 2 aliphatic rings. The lowest BCUT2D eigenvalue weighted by Crippen LogP contribution is -2.52. The van der Waals surface area contributed by atoms with E-state index in [2.05, 4.69) is 11.8 Å². The summed E-state index contributed by atoms with van der Waals surface area (Å²) in [6.07, 6.45) is 4.48. The van der Waals surface area contributed by atoms with Crippen molar-refractivity contribution in [1.82, 2.24) is 4.90 Å². The van der Waals surface area contributed by atoms with Crippen LogP contribution in [0.3, 0.4) is 0 Å². The lowest BCUT2D eigenvalue weighted by atomic mass is 9.88. The van der Waals surface area contributed by atoms with E-state index in [-0.39, 0.29) is 6.10 Å². The molecule has 0 unspecified atom stereocenters. The number of hydrogen-bond acceptors (Lipinski definition) is 2. The molecule has 0 aromatic heterocycles. The predicted octanol–water partition coefficient (Wildman–Crippen LogP) is 1.24. The molecule has 1 aliphatic carbocycles. The van der Waals surface area contributed by atoms with Crippen LogP contribution in [0.4, 0.5) is 0 Å². The SMILES string of the molecule is CC1CN(C2CCC(O)CC2)C1. The highest BCUT2D eigenvalue weighted by molar-refractivity contribution is 4.86. The largest absolute Gasteiger partial charge is 0.393 e. The normalized spacial score (nSPS) is 39.5. The van der Waals surface area contributed by atoms with Gasteiger partial charge in [-0.25, -0.2) is 0 Å². The quantitative estimate of drug-likeness (QED) is 0.638. The first-order valence-corrected chi connectivity index (χ1v) is 5.18. The Hall–Kier alpha value is -0.0800. The highest BCUT2D eigenvalue weighted by Gasteiger charge is 2.31. The minimum absolute atomic E-state index is 0.0000463. The molecule has 1 saturated carbocycles. The van der Waals surface area contributed by atoms with Gasteiger partial charge in [0.15, 0.2) is 0 Å². The van der Waals surface area contributed by atoms with Crippen LogP contribution in [0, 0.1) is 5.92 Å². The fourth-order valence-corrected chi connectivity index (χ4v) is 2.47. The van der Waals surface area contributed by atoms with E-state index in [0.29, 0.717) is 0 Å². The minimum atomic E-state index is -0.0000463. The van der Waals surface area contributed by atoms with Crippen LogP contribution < -0.4 is 0 Å². The average Bonchev–Trinajstić information content (AvgIpc) is 2.01. The van der Waals surface area contributed by atoms with Gasteiger partial charge in [0, 0.05) is 19.1 Å². The molecule has 1 N–H and O–H groups in total. The minimum Gasteiger partial charge on any atom is -0.393 e. The highest BCUT2D eigenvalue weighted by Crippen LogP contribution is 2.28. The second-order valence-electron chi connectivity index (χ2n) is 4.52. The van der Waals surface area contributed by atoms with E-state index in [1.165, 1.54) is 25.9 Å². The number of hydrogen-bond donors (Lipinski definition) is 1. The van der Waals surface area contributed by atoms with E-state index < -0.39 is 0 Å². The summed E-state index contributed by atoms with van der Waals surface area (Å²) < 4.78 is 0. The first-order chi connectivity index (χ1) is 5.75. The summed E-state index contributed by atoms with van der Waals surface area (Å²) >= 11 is 0. The number of aliphatic hydroxyl groups excluding tert-OH is 1. The fourth-order valence-electron chi connectivity index (χ4n) is 2.47. The summed E-state index contributed by atoms with van der Waals surface area (Å²) in [5.74, 6) is 0.914. The van der Waals surface area contributed by atoms with Gasteiger partial charge in [-0.1, -0.05) is 6.92 Å². The van der Waals surface area contributed by atoms with Gasteiger partial charge in [0.1, 0.15) is 0 Å². The van der Waals surface area contributed by atoms with Gasteiger partial charge in [0.05, 0.1) is 6.10 Å². The first-order valence-electron chi connectivity index (χ1n) is 5.18. The van der Waals surface area contributed by atoms with Crippen LogP contribution in [0.2, 0.25) is 0 Å². The fraction of sp³-hybridized carbons (Fsp3) is 1.00. The third-order valence-corrected chi connectivity index (χ3v) is 3.27. The molecular weight excluding hydrogens is 150 g/mol. The van der Waals surface area contributed by atoms with Crippen molar-refractivity contribution in [3.8, 4) is 0 Å². The zero-order chi connectivity index (χ0) is 8.55. The summed E-state index contributed by atoms with van der Waals surface area (Å²) in [4.78, 5) is 2.58. The van der Waals surface area contributed by atoms with Gasteiger partial charge in [0.2, 0.25) is 0 Å². The summed E-state index contributed by atoms with van der Waals surface area (Å²) in [7, 11) is 0. The molecule has 2 fully saturated rings. The maximum absolute atomic E-state index is 9.33. The molecule has 70 valence electrons.